The zero-order chi connectivity index (χ0) is 20.4. The Balaban J connectivity index is 1.52. The minimum atomic E-state index is -0.664. The highest BCUT2D eigenvalue weighted by molar-refractivity contribution is 9.10. The van der Waals surface area contributed by atoms with E-state index in [-0.39, 0.29) is 16.9 Å². The number of fused-ring (bicyclic) bond motifs is 1. The van der Waals surface area contributed by atoms with E-state index < -0.39 is 17.7 Å². The predicted octanol–water partition coefficient (Wildman–Crippen LogP) is 5.91. The van der Waals surface area contributed by atoms with Crippen LogP contribution in [0.3, 0.4) is 0 Å². The SMILES string of the molecule is O=C(Nc1cc(F)c2nc(N3CCCCC3)ccc2c1)Nc1ccc(Br)cc1F. The van der Waals surface area contributed by atoms with E-state index in [2.05, 4.69) is 36.4 Å². The molecule has 1 aliphatic heterocycles. The number of urea groups is 1. The van der Waals surface area contributed by atoms with Crippen molar-refractivity contribution in [3.8, 4) is 0 Å². The van der Waals surface area contributed by atoms with Gasteiger partial charge in [0.25, 0.3) is 0 Å². The average Bonchev–Trinajstić information content (AvgIpc) is 2.70. The van der Waals surface area contributed by atoms with Crippen LogP contribution in [-0.4, -0.2) is 24.1 Å². The lowest BCUT2D eigenvalue weighted by Crippen LogP contribution is -2.30. The van der Waals surface area contributed by atoms with Crippen molar-refractivity contribution < 1.29 is 13.6 Å². The largest absolute Gasteiger partial charge is 0.357 e. The van der Waals surface area contributed by atoms with Crippen molar-refractivity contribution in [2.24, 2.45) is 0 Å². The van der Waals surface area contributed by atoms with E-state index >= 15 is 0 Å². The number of amides is 2. The summed E-state index contributed by atoms with van der Waals surface area (Å²) < 4.78 is 29.1. The van der Waals surface area contributed by atoms with Gasteiger partial charge >= 0.3 is 6.03 Å². The van der Waals surface area contributed by atoms with E-state index in [0.29, 0.717) is 9.86 Å². The quantitative estimate of drug-likeness (QED) is 0.510. The molecule has 5 nitrogen and oxygen atoms in total. The molecule has 150 valence electrons. The Kier molecular flexibility index (Phi) is 5.62. The van der Waals surface area contributed by atoms with Crippen LogP contribution in [0.1, 0.15) is 19.3 Å². The van der Waals surface area contributed by atoms with Crippen LogP contribution < -0.4 is 15.5 Å². The number of nitrogens with one attached hydrogen (secondary N) is 2. The maximum absolute atomic E-state index is 14.7. The van der Waals surface area contributed by atoms with Crippen LogP contribution >= 0.6 is 15.9 Å². The maximum Gasteiger partial charge on any atom is 0.323 e. The Bertz CT molecular complexity index is 1070. The smallest absolute Gasteiger partial charge is 0.323 e. The third-order valence-corrected chi connectivity index (χ3v) is 5.34. The fraction of sp³-hybridized carbons (Fsp3) is 0.238. The molecule has 2 N–H and O–H groups in total. The minimum Gasteiger partial charge on any atom is -0.357 e. The van der Waals surface area contributed by atoms with Gasteiger partial charge in [0.15, 0.2) is 5.82 Å². The van der Waals surface area contributed by atoms with Crippen molar-refractivity contribution in [1.82, 2.24) is 4.98 Å². The molecule has 3 aromatic rings. The molecule has 0 bridgehead atoms. The van der Waals surface area contributed by atoms with Gasteiger partial charge in [0.2, 0.25) is 0 Å². The summed E-state index contributed by atoms with van der Waals surface area (Å²) in [7, 11) is 0. The predicted molar refractivity (Wildman–Crippen MR) is 115 cm³/mol. The minimum absolute atomic E-state index is 0.0276. The number of anilines is 3. The summed E-state index contributed by atoms with van der Waals surface area (Å²) in [5, 5.41) is 5.53. The number of benzene rings is 2. The lowest BCUT2D eigenvalue weighted by Gasteiger charge is -2.27. The van der Waals surface area contributed by atoms with E-state index in [1.54, 1.807) is 18.2 Å². The Labute approximate surface area is 175 Å². The molecule has 1 fully saturated rings. The van der Waals surface area contributed by atoms with Crippen molar-refractivity contribution in [1.29, 1.82) is 0 Å². The molecule has 0 atom stereocenters. The van der Waals surface area contributed by atoms with Gasteiger partial charge < -0.3 is 15.5 Å². The van der Waals surface area contributed by atoms with Crippen molar-refractivity contribution in [3.05, 3.63) is 58.6 Å². The Hall–Kier alpha value is -2.74. The number of piperidine rings is 1. The van der Waals surface area contributed by atoms with Gasteiger partial charge in [-0.1, -0.05) is 15.9 Å². The third-order valence-electron chi connectivity index (χ3n) is 4.85. The first-order valence-electron chi connectivity index (χ1n) is 9.38. The summed E-state index contributed by atoms with van der Waals surface area (Å²) in [6, 6.07) is 10.2. The van der Waals surface area contributed by atoms with Gasteiger partial charge in [0, 0.05) is 28.6 Å². The molecule has 1 saturated heterocycles. The molecule has 2 heterocycles. The first-order chi connectivity index (χ1) is 14.0. The zero-order valence-corrected chi connectivity index (χ0v) is 17.1. The Morgan fingerprint density at radius 2 is 1.76 bits per heavy atom. The Morgan fingerprint density at radius 3 is 2.52 bits per heavy atom. The number of rotatable bonds is 3. The molecule has 0 aliphatic carbocycles. The molecule has 0 saturated carbocycles. The second kappa shape index (κ2) is 8.32. The molecule has 2 amide bonds. The number of hydrogen-bond donors (Lipinski definition) is 2. The van der Waals surface area contributed by atoms with Crippen LogP contribution in [0.15, 0.2) is 46.9 Å². The van der Waals surface area contributed by atoms with Crippen LogP contribution in [0.2, 0.25) is 0 Å². The van der Waals surface area contributed by atoms with Crippen LogP contribution in [0.4, 0.5) is 30.8 Å². The van der Waals surface area contributed by atoms with Crippen LogP contribution in [0.5, 0.6) is 0 Å². The first-order valence-corrected chi connectivity index (χ1v) is 10.2. The van der Waals surface area contributed by atoms with Gasteiger partial charge in [-0.3, -0.25) is 0 Å². The topological polar surface area (TPSA) is 57.3 Å². The van der Waals surface area contributed by atoms with Gasteiger partial charge in [0.05, 0.1) is 5.69 Å². The number of pyridine rings is 1. The van der Waals surface area contributed by atoms with Crippen LogP contribution in [-0.2, 0) is 0 Å². The molecule has 0 radical (unpaired) electrons. The first kappa shape index (κ1) is 19.6. The lowest BCUT2D eigenvalue weighted by molar-refractivity contribution is 0.262. The normalized spacial score (nSPS) is 14.1. The number of hydrogen-bond acceptors (Lipinski definition) is 3. The maximum atomic E-state index is 14.7. The molecular weight excluding hydrogens is 442 g/mol. The van der Waals surface area contributed by atoms with Gasteiger partial charge in [0.1, 0.15) is 17.2 Å². The second-order valence-electron chi connectivity index (χ2n) is 6.95. The summed E-state index contributed by atoms with van der Waals surface area (Å²) in [5.74, 6) is -0.333. The van der Waals surface area contributed by atoms with E-state index in [1.165, 1.54) is 24.6 Å². The molecule has 0 spiro atoms. The van der Waals surface area contributed by atoms with Crippen LogP contribution in [0, 0.1) is 11.6 Å². The van der Waals surface area contributed by atoms with E-state index in [1.807, 2.05) is 6.07 Å². The molecular formula is C21H19BrF2N4O. The average molecular weight is 461 g/mol. The van der Waals surface area contributed by atoms with E-state index in [4.69, 9.17) is 0 Å². The Morgan fingerprint density at radius 1 is 0.966 bits per heavy atom. The summed E-state index contributed by atoms with van der Waals surface area (Å²) in [6.07, 6.45) is 3.43. The molecule has 8 heteroatoms. The second-order valence-corrected chi connectivity index (χ2v) is 7.87. The van der Waals surface area contributed by atoms with Crippen molar-refractivity contribution in [3.63, 3.8) is 0 Å². The zero-order valence-electron chi connectivity index (χ0n) is 15.5. The van der Waals surface area contributed by atoms with Crippen LogP contribution in [0.25, 0.3) is 10.9 Å². The fourth-order valence-corrected chi connectivity index (χ4v) is 3.76. The lowest BCUT2D eigenvalue weighted by atomic mass is 10.1. The molecule has 0 unspecified atom stereocenters. The van der Waals surface area contributed by atoms with Crippen molar-refractivity contribution >= 4 is 50.1 Å². The number of halogens is 3. The monoisotopic (exact) mass is 460 g/mol. The highest BCUT2D eigenvalue weighted by atomic mass is 79.9. The van der Waals surface area contributed by atoms with Crippen molar-refractivity contribution in [2.75, 3.05) is 28.6 Å². The van der Waals surface area contributed by atoms with E-state index in [9.17, 15) is 13.6 Å². The highest BCUT2D eigenvalue weighted by Crippen LogP contribution is 2.26. The summed E-state index contributed by atoms with van der Waals surface area (Å²) in [5.41, 5.74) is 0.551. The number of carbonyl (C=O) groups excluding carboxylic acids is 1. The molecule has 1 aromatic heterocycles. The number of carbonyl (C=O) groups is 1. The molecule has 1 aliphatic rings. The van der Waals surface area contributed by atoms with Gasteiger partial charge in [-0.2, -0.15) is 0 Å². The third kappa shape index (κ3) is 4.48. The standard InChI is InChI=1S/C21H19BrF2N4O/c22-14-5-6-18(16(23)11-14)26-21(29)25-15-10-13-4-7-19(27-20(13)17(24)12-15)28-8-2-1-3-9-28/h4-7,10-12H,1-3,8-9H2,(H2,25,26,29). The summed E-state index contributed by atoms with van der Waals surface area (Å²) in [6.45, 7) is 1.85. The molecule has 29 heavy (non-hydrogen) atoms. The van der Waals surface area contributed by atoms with Gasteiger partial charge in [-0.25, -0.2) is 18.6 Å². The molecule has 4 rings (SSSR count). The number of aromatic nitrogens is 1. The van der Waals surface area contributed by atoms with Gasteiger partial charge in [-0.15, -0.1) is 0 Å². The van der Waals surface area contributed by atoms with E-state index in [0.717, 1.165) is 31.7 Å². The summed E-state index contributed by atoms with van der Waals surface area (Å²) >= 11 is 3.16. The molecule has 2 aromatic carbocycles. The van der Waals surface area contributed by atoms with Gasteiger partial charge in [-0.05, 0) is 61.7 Å². The van der Waals surface area contributed by atoms with Crippen molar-refractivity contribution in [2.45, 2.75) is 19.3 Å². The fourth-order valence-electron chi connectivity index (χ4n) is 3.43. The summed E-state index contributed by atoms with van der Waals surface area (Å²) in [4.78, 5) is 18.8. The number of nitrogens with zero attached hydrogens (tertiary/aromatic N) is 2. The highest BCUT2D eigenvalue weighted by Gasteiger charge is 2.15.